The van der Waals surface area contributed by atoms with Gasteiger partial charge < -0.3 is 20.8 Å². The number of benzene rings is 1. The highest BCUT2D eigenvalue weighted by Gasteiger charge is 2.23. The van der Waals surface area contributed by atoms with Gasteiger partial charge in [-0.3, -0.25) is 4.79 Å². The number of carbonyl (C=O) groups is 1. The summed E-state index contributed by atoms with van der Waals surface area (Å²) in [6, 6.07) is 4.21. The van der Waals surface area contributed by atoms with Crippen LogP contribution < -0.4 is 5.73 Å². The lowest BCUT2D eigenvalue weighted by molar-refractivity contribution is 0.0735. The number of nitrogens with zero attached hydrogens (tertiary/aromatic N) is 1. The molecule has 0 unspecified atom stereocenters. The number of phenols is 2. The van der Waals surface area contributed by atoms with Gasteiger partial charge in [0.1, 0.15) is 17.1 Å². The van der Waals surface area contributed by atoms with Gasteiger partial charge in [0.2, 0.25) is 0 Å². The quantitative estimate of drug-likeness (QED) is 0.698. The number of thiocarbonyl (C=S) groups is 1. The number of nitrogens with two attached hydrogens (primary N) is 1. The van der Waals surface area contributed by atoms with Crippen LogP contribution in [0.1, 0.15) is 30.6 Å². The van der Waals surface area contributed by atoms with Crippen molar-refractivity contribution in [3.8, 4) is 11.5 Å². The molecule has 0 bridgehead atoms. The van der Waals surface area contributed by atoms with E-state index in [9.17, 15) is 15.0 Å². The van der Waals surface area contributed by atoms with Gasteiger partial charge in [-0.05, 0) is 18.1 Å². The fourth-order valence-electron chi connectivity index (χ4n) is 1.87. The Kier molecular flexibility index (Phi) is 5.76. The standard InChI is InChI=1S/C14H20N2O3S/c1-9(2)8-16(7-6-12(15)20)14(19)13-10(17)4-3-5-11(13)18/h3-5,9,17-18H,6-8H2,1-2H3,(H2,15,20). The first kappa shape index (κ1) is 16.2. The first-order chi connectivity index (χ1) is 9.32. The average molecular weight is 296 g/mol. The lowest BCUT2D eigenvalue weighted by Crippen LogP contribution is -2.36. The van der Waals surface area contributed by atoms with E-state index in [-0.39, 0.29) is 23.0 Å². The van der Waals surface area contributed by atoms with E-state index in [0.717, 1.165) is 0 Å². The van der Waals surface area contributed by atoms with E-state index in [4.69, 9.17) is 18.0 Å². The van der Waals surface area contributed by atoms with Gasteiger partial charge in [0, 0.05) is 19.5 Å². The molecule has 1 aromatic rings. The number of aromatic hydroxyl groups is 2. The molecule has 1 amide bonds. The summed E-state index contributed by atoms with van der Waals surface area (Å²) in [6.45, 7) is 4.81. The first-order valence-electron chi connectivity index (χ1n) is 6.41. The molecular weight excluding hydrogens is 276 g/mol. The molecule has 0 spiro atoms. The Hall–Kier alpha value is -1.82. The van der Waals surface area contributed by atoms with Crippen molar-refractivity contribution in [2.24, 2.45) is 11.7 Å². The summed E-state index contributed by atoms with van der Waals surface area (Å²) in [6.07, 6.45) is 0.405. The van der Waals surface area contributed by atoms with Gasteiger partial charge in [-0.25, -0.2) is 0 Å². The second-order valence-electron chi connectivity index (χ2n) is 5.03. The first-order valence-corrected chi connectivity index (χ1v) is 6.82. The Balaban J connectivity index is 3.00. The van der Waals surface area contributed by atoms with Crippen molar-refractivity contribution in [3.63, 3.8) is 0 Å². The minimum absolute atomic E-state index is 0.0870. The average Bonchev–Trinajstić information content (AvgIpc) is 2.33. The Labute approximate surface area is 124 Å². The SMILES string of the molecule is CC(C)CN(CCC(N)=S)C(=O)c1c(O)cccc1O. The second kappa shape index (κ2) is 7.09. The van der Waals surface area contributed by atoms with E-state index in [1.807, 2.05) is 13.8 Å². The van der Waals surface area contributed by atoms with Crippen molar-refractivity contribution in [2.75, 3.05) is 13.1 Å². The third kappa shape index (κ3) is 4.38. The topological polar surface area (TPSA) is 86.8 Å². The zero-order valence-corrected chi connectivity index (χ0v) is 12.5. The van der Waals surface area contributed by atoms with Crippen LogP contribution in [0.15, 0.2) is 18.2 Å². The summed E-state index contributed by atoms with van der Waals surface area (Å²) in [5, 5.41) is 19.5. The van der Waals surface area contributed by atoms with E-state index in [2.05, 4.69) is 0 Å². The minimum atomic E-state index is -0.425. The summed E-state index contributed by atoms with van der Waals surface area (Å²) in [7, 11) is 0. The van der Waals surface area contributed by atoms with Gasteiger partial charge in [0.05, 0.1) is 4.99 Å². The predicted octanol–water partition coefficient (Wildman–Crippen LogP) is 1.87. The van der Waals surface area contributed by atoms with E-state index in [1.165, 1.54) is 18.2 Å². The lowest BCUT2D eigenvalue weighted by atomic mass is 10.1. The van der Waals surface area contributed by atoms with Gasteiger partial charge in [-0.15, -0.1) is 0 Å². The molecule has 0 saturated heterocycles. The zero-order valence-electron chi connectivity index (χ0n) is 11.7. The molecule has 0 radical (unpaired) electrons. The van der Waals surface area contributed by atoms with Crippen LogP contribution >= 0.6 is 12.2 Å². The van der Waals surface area contributed by atoms with Crippen molar-refractivity contribution < 1.29 is 15.0 Å². The summed E-state index contributed by atoms with van der Waals surface area (Å²) in [5.41, 5.74) is 5.38. The third-order valence-electron chi connectivity index (χ3n) is 2.74. The molecule has 1 rings (SSSR count). The summed E-state index contributed by atoms with van der Waals surface area (Å²) < 4.78 is 0. The Morgan fingerprint density at radius 3 is 2.35 bits per heavy atom. The monoisotopic (exact) mass is 296 g/mol. The normalized spacial score (nSPS) is 10.6. The maximum Gasteiger partial charge on any atom is 0.261 e. The molecule has 0 saturated carbocycles. The van der Waals surface area contributed by atoms with Gasteiger partial charge >= 0.3 is 0 Å². The van der Waals surface area contributed by atoms with Crippen LogP contribution in [0.3, 0.4) is 0 Å². The van der Waals surface area contributed by atoms with Gasteiger partial charge in [-0.1, -0.05) is 32.1 Å². The van der Waals surface area contributed by atoms with Crippen LogP contribution in [-0.2, 0) is 0 Å². The van der Waals surface area contributed by atoms with E-state index < -0.39 is 5.91 Å². The maximum absolute atomic E-state index is 12.5. The molecule has 1 aromatic carbocycles. The molecule has 0 heterocycles. The van der Waals surface area contributed by atoms with Crippen LogP contribution in [0.25, 0.3) is 0 Å². The molecule has 0 aromatic heterocycles. The smallest absolute Gasteiger partial charge is 0.261 e. The van der Waals surface area contributed by atoms with Crippen LogP contribution in [0.2, 0.25) is 0 Å². The fourth-order valence-corrected chi connectivity index (χ4v) is 1.96. The molecular formula is C14H20N2O3S. The molecule has 110 valence electrons. The molecule has 4 N–H and O–H groups in total. The highest BCUT2D eigenvalue weighted by atomic mass is 32.1. The van der Waals surface area contributed by atoms with Crippen LogP contribution in [-0.4, -0.2) is 39.1 Å². The molecule has 0 aliphatic rings. The molecule has 0 fully saturated rings. The van der Waals surface area contributed by atoms with Crippen molar-refractivity contribution in [2.45, 2.75) is 20.3 Å². The third-order valence-corrected chi connectivity index (χ3v) is 2.94. The highest BCUT2D eigenvalue weighted by Crippen LogP contribution is 2.28. The molecule has 20 heavy (non-hydrogen) atoms. The lowest BCUT2D eigenvalue weighted by Gasteiger charge is -2.25. The Bertz CT molecular complexity index is 483. The number of hydrogen-bond acceptors (Lipinski definition) is 4. The van der Waals surface area contributed by atoms with Gasteiger partial charge in [0.15, 0.2) is 0 Å². The summed E-state index contributed by atoms with van der Waals surface area (Å²) >= 11 is 4.82. The summed E-state index contributed by atoms with van der Waals surface area (Å²) in [4.78, 5) is 14.3. The molecule has 5 nitrogen and oxygen atoms in total. The number of carbonyl (C=O) groups excluding carboxylic acids is 1. The van der Waals surface area contributed by atoms with E-state index in [0.29, 0.717) is 24.5 Å². The van der Waals surface area contributed by atoms with Crippen LogP contribution in [0.4, 0.5) is 0 Å². The van der Waals surface area contributed by atoms with Gasteiger partial charge in [-0.2, -0.15) is 0 Å². The van der Waals surface area contributed by atoms with E-state index in [1.54, 1.807) is 4.90 Å². The van der Waals surface area contributed by atoms with Gasteiger partial charge in [0.25, 0.3) is 5.91 Å². The molecule has 0 atom stereocenters. The fraction of sp³-hybridized carbons (Fsp3) is 0.429. The van der Waals surface area contributed by atoms with Crippen molar-refractivity contribution in [1.29, 1.82) is 0 Å². The Morgan fingerprint density at radius 2 is 1.90 bits per heavy atom. The van der Waals surface area contributed by atoms with E-state index >= 15 is 0 Å². The Morgan fingerprint density at radius 1 is 1.35 bits per heavy atom. The molecule has 0 aliphatic carbocycles. The largest absolute Gasteiger partial charge is 0.507 e. The van der Waals surface area contributed by atoms with Crippen LogP contribution in [0, 0.1) is 5.92 Å². The number of rotatable bonds is 6. The highest BCUT2D eigenvalue weighted by molar-refractivity contribution is 7.80. The minimum Gasteiger partial charge on any atom is -0.507 e. The predicted molar refractivity (Wildman–Crippen MR) is 81.9 cm³/mol. The zero-order chi connectivity index (χ0) is 15.3. The summed E-state index contributed by atoms with van der Waals surface area (Å²) in [5.74, 6) is -0.651. The van der Waals surface area contributed by atoms with Crippen molar-refractivity contribution >= 4 is 23.1 Å². The second-order valence-corrected chi connectivity index (χ2v) is 5.56. The number of amides is 1. The van der Waals surface area contributed by atoms with Crippen molar-refractivity contribution in [3.05, 3.63) is 23.8 Å². The van der Waals surface area contributed by atoms with Crippen molar-refractivity contribution in [1.82, 2.24) is 4.90 Å². The van der Waals surface area contributed by atoms with Crippen LogP contribution in [0.5, 0.6) is 11.5 Å². The number of phenolic OH excluding ortho intramolecular Hbond substituents is 2. The maximum atomic E-state index is 12.5. The molecule has 0 aliphatic heterocycles. The number of hydrogen-bond donors (Lipinski definition) is 3. The molecule has 6 heteroatoms.